The van der Waals surface area contributed by atoms with Gasteiger partial charge < -0.3 is 0 Å². The largest absolute Gasteiger partial charge is 0.208 e. The van der Waals surface area contributed by atoms with Crippen LogP contribution in [0.25, 0.3) is 5.83 Å². The number of halogens is 6. The Morgan fingerprint density at radius 1 is 0.667 bits per heavy atom. The number of hydrogen-bond donors (Lipinski definition) is 0. The molecule has 1 aliphatic carbocycles. The first-order valence-corrected chi connectivity index (χ1v) is 3.71. The Hall–Kier alpha value is -1.46. The maximum absolute atomic E-state index is 12.9. The number of hydrogen-bond acceptors (Lipinski definition) is 0. The fourth-order valence-corrected chi connectivity index (χ4v) is 1.31. The lowest BCUT2D eigenvalue weighted by Crippen LogP contribution is -2.03. The van der Waals surface area contributed by atoms with Gasteiger partial charge >= 0.3 is 0 Å². The maximum atomic E-state index is 12.9. The standard InChI is InChI=1S/C9HF6/c10-3-1-2-4(6(3)12)7(13)9(15)8(14)5(2)11/h1H. The summed E-state index contributed by atoms with van der Waals surface area (Å²) >= 11 is 0. The summed E-state index contributed by atoms with van der Waals surface area (Å²) in [6.07, 6.45) is 0.269. The summed E-state index contributed by atoms with van der Waals surface area (Å²) in [7, 11) is 0. The van der Waals surface area contributed by atoms with E-state index in [9.17, 15) is 26.3 Å². The Morgan fingerprint density at radius 2 is 1.20 bits per heavy atom. The molecule has 6 heteroatoms. The van der Waals surface area contributed by atoms with Crippen molar-refractivity contribution in [1.29, 1.82) is 0 Å². The SMILES string of the molecule is FC1=C(F)c2c(F)c(F)c(F)c(F)c2[CH]1. The highest BCUT2D eigenvalue weighted by Crippen LogP contribution is 2.40. The van der Waals surface area contributed by atoms with Gasteiger partial charge in [-0.05, 0) is 0 Å². The third kappa shape index (κ3) is 1.17. The van der Waals surface area contributed by atoms with Gasteiger partial charge in [0, 0.05) is 5.56 Å². The van der Waals surface area contributed by atoms with Gasteiger partial charge in [0.15, 0.2) is 29.1 Å². The lowest BCUT2D eigenvalue weighted by molar-refractivity contribution is 0.405. The van der Waals surface area contributed by atoms with Gasteiger partial charge in [0.1, 0.15) is 5.83 Å². The van der Waals surface area contributed by atoms with E-state index in [1.165, 1.54) is 0 Å². The molecule has 0 unspecified atom stereocenters. The summed E-state index contributed by atoms with van der Waals surface area (Å²) in [6.45, 7) is 0. The third-order valence-corrected chi connectivity index (χ3v) is 2.00. The van der Waals surface area contributed by atoms with Gasteiger partial charge in [-0.25, -0.2) is 26.3 Å². The van der Waals surface area contributed by atoms with Crippen molar-refractivity contribution in [3.8, 4) is 0 Å². The molecular weight excluding hydrogens is 222 g/mol. The van der Waals surface area contributed by atoms with Crippen LogP contribution in [0.2, 0.25) is 0 Å². The first-order valence-electron chi connectivity index (χ1n) is 3.71. The van der Waals surface area contributed by atoms with Crippen molar-refractivity contribution in [2.45, 2.75) is 0 Å². The van der Waals surface area contributed by atoms with E-state index in [4.69, 9.17) is 0 Å². The van der Waals surface area contributed by atoms with E-state index in [2.05, 4.69) is 0 Å². The summed E-state index contributed by atoms with van der Waals surface area (Å²) < 4.78 is 76.5. The molecule has 0 spiro atoms. The van der Waals surface area contributed by atoms with Crippen LogP contribution in [0, 0.1) is 29.7 Å². The molecule has 0 saturated heterocycles. The molecule has 0 aromatic heterocycles. The van der Waals surface area contributed by atoms with Crippen LogP contribution in [0.1, 0.15) is 11.1 Å². The van der Waals surface area contributed by atoms with Crippen LogP contribution < -0.4 is 0 Å². The molecular formula is C9HF6. The van der Waals surface area contributed by atoms with Crippen molar-refractivity contribution < 1.29 is 26.3 Å². The van der Waals surface area contributed by atoms with Crippen LogP contribution in [-0.4, -0.2) is 0 Å². The molecule has 0 atom stereocenters. The lowest BCUT2D eigenvalue weighted by atomic mass is 10.1. The molecule has 15 heavy (non-hydrogen) atoms. The minimum absolute atomic E-state index is 0.269. The van der Waals surface area contributed by atoms with E-state index >= 15 is 0 Å². The van der Waals surface area contributed by atoms with Crippen molar-refractivity contribution in [2.75, 3.05) is 0 Å². The quantitative estimate of drug-likeness (QED) is 0.359. The van der Waals surface area contributed by atoms with Gasteiger partial charge in [-0.15, -0.1) is 0 Å². The van der Waals surface area contributed by atoms with Gasteiger partial charge in [-0.3, -0.25) is 0 Å². The van der Waals surface area contributed by atoms with Gasteiger partial charge in [0.25, 0.3) is 0 Å². The number of benzene rings is 1. The smallest absolute Gasteiger partial charge is 0.198 e. The van der Waals surface area contributed by atoms with Gasteiger partial charge in [-0.1, -0.05) is 0 Å². The zero-order valence-electron chi connectivity index (χ0n) is 6.85. The zero-order chi connectivity index (χ0) is 11.3. The lowest BCUT2D eigenvalue weighted by Gasteiger charge is -2.04. The molecule has 0 nitrogen and oxygen atoms in total. The minimum atomic E-state index is -2.16. The molecule has 0 fully saturated rings. The normalized spacial score (nSPS) is 14.8. The molecule has 0 amide bonds. The zero-order valence-corrected chi connectivity index (χ0v) is 6.85. The van der Waals surface area contributed by atoms with E-state index in [0.717, 1.165) is 0 Å². The van der Waals surface area contributed by atoms with E-state index in [1.807, 2.05) is 0 Å². The summed E-state index contributed by atoms with van der Waals surface area (Å²) in [4.78, 5) is 0. The molecule has 1 aromatic rings. The van der Waals surface area contributed by atoms with Crippen LogP contribution in [-0.2, 0) is 0 Å². The minimum Gasteiger partial charge on any atom is -0.208 e. The second-order valence-electron chi connectivity index (χ2n) is 2.85. The third-order valence-electron chi connectivity index (χ3n) is 2.00. The van der Waals surface area contributed by atoms with Crippen LogP contribution in [0.4, 0.5) is 26.3 Å². The van der Waals surface area contributed by atoms with Gasteiger partial charge in [0.2, 0.25) is 0 Å². The molecule has 0 heterocycles. The highest BCUT2D eigenvalue weighted by molar-refractivity contribution is 5.75. The highest BCUT2D eigenvalue weighted by Gasteiger charge is 2.34. The molecule has 0 saturated carbocycles. The second-order valence-corrected chi connectivity index (χ2v) is 2.85. The average molecular weight is 223 g/mol. The van der Waals surface area contributed by atoms with E-state index in [-0.39, 0.29) is 6.42 Å². The number of fused-ring (bicyclic) bond motifs is 1. The van der Waals surface area contributed by atoms with Crippen LogP contribution >= 0.6 is 0 Å². The summed E-state index contributed by atoms with van der Waals surface area (Å²) in [5.74, 6) is -11.3. The van der Waals surface area contributed by atoms with Crippen molar-refractivity contribution in [3.05, 3.63) is 46.6 Å². The number of rotatable bonds is 0. The molecule has 1 aromatic carbocycles. The van der Waals surface area contributed by atoms with Crippen molar-refractivity contribution in [1.82, 2.24) is 0 Å². The Kier molecular flexibility index (Phi) is 2.02. The second kappa shape index (κ2) is 3.01. The monoisotopic (exact) mass is 223 g/mol. The molecule has 79 valence electrons. The molecule has 1 aliphatic rings. The topological polar surface area (TPSA) is 0 Å². The molecule has 0 bridgehead atoms. The Balaban J connectivity index is 2.83. The van der Waals surface area contributed by atoms with Gasteiger partial charge in [-0.2, -0.15) is 0 Å². The summed E-state index contributed by atoms with van der Waals surface area (Å²) in [5, 5.41) is 0. The average Bonchev–Trinajstić information content (AvgIpc) is 2.50. The van der Waals surface area contributed by atoms with E-state index < -0.39 is 46.0 Å². The predicted octanol–water partition coefficient (Wildman–Crippen LogP) is 3.42. The van der Waals surface area contributed by atoms with Crippen LogP contribution in [0.5, 0.6) is 0 Å². The van der Waals surface area contributed by atoms with Crippen molar-refractivity contribution in [2.24, 2.45) is 0 Å². The van der Waals surface area contributed by atoms with Crippen LogP contribution in [0.3, 0.4) is 0 Å². The van der Waals surface area contributed by atoms with E-state index in [1.54, 1.807) is 0 Å². The van der Waals surface area contributed by atoms with Crippen molar-refractivity contribution in [3.63, 3.8) is 0 Å². The predicted molar refractivity (Wildman–Crippen MR) is 38.8 cm³/mol. The molecule has 0 N–H and O–H groups in total. The van der Waals surface area contributed by atoms with E-state index in [0.29, 0.717) is 0 Å². The fourth-order valence-electron chi connectivity index (χ4n) is 1.31. The summed E-state index contributed by atoms with van der Waals surface area (Å²) in [6, 6.07) is 0. The molecule has 0 aliphatic heterocycles. The van der Waals surface area contributed by atoms with Gasteiger partial charge in [0.05, 0.1) is 12.0 Å². The highest BCUT2D eigenvalue weighted by atomic mass is 19.2. The molecule has 1 radical (unpaired) electrons. The maximum Gasteiger partial charge on any atom is 0.198 e. The Labute approximate surface area is 79.8 Å². The number of allylic oxidation sites excluding steroid dienone is 1. The Bertz CT molecular complexity index is 488. The molecule has 2 rings (SSSR count). The first kappa shape index (κ1) is 10.1. The first-order chi connectivity index (χ1) is 6.95. The van der Waals surface area contributed by atoms with Crippen LogP contribution in [0.15, 0.2) is 5.83 Å². The Morgan fingerprint density at radius 3 is 1.80 bits per heavy atom. The fraction of sp³-hybridized carbons (Fsp3) is 0. The summed E-state index contributed by atoms with van der Waals surface area (Å²) in [5.41, 5.74) is -2.18. The van der Waals surface area contributed by atoms with Crippen molar-refractivity contribution >= 4 is 5.83 Å².